The molecular weight excluding hydrogens is 768 g/mol. The monoisotopic (exact) mass is 812 g/mol. The van der Waals surface area contributed by atoms with Crippen LogP contribution in [0.2, 0.25) is 0 Å². The van der Waals surface area contributed by atoms with Crippen LogP contribution in [-0.2, 0) is 51.0 Å². The highest BCUT2D eigenvalue weighted by Crippen LogP contribution is 2.30. The lowest BCUT2D eigenvalue weighted by molar-refractivity contribution is -0.157. The first-order valence-electron chi connectivity index (χ1n) is 17.9. The zero-order valence-corrected chi connectivity index (χ0v) is 33.0. The number of pyridine rings is 2. The van der Waals surface area contributed by atoms with E-state index in [1.54, 1.807) is 67.6 Å². The molecule has 0 amide bonds. The number of aromatic nitrogens is 2. The van der Waals surface area contributed by atoms with Crippen molar-refractivity contribution in [2.75, 3.05) is 27.9 Å². The smallest absolute Gasteiger partial charge is 0.348 e. The molecule has 0 aliphatic rings. The minimum absolute atomic E-state index is 0.0629. The van der Waals surface area contributed by atoms with Gasteiger partial charge in [-0.3, -0.25) is 19.6 Å². The van der Waals surface area contributed by atoms with E-state index in [4.69, 9.17) is 33.2 Å². The minimum Gasteiger partial charge on any atom is -0.493 e. The number of ether oxygens (including phenoxy) is 8. The van der Waals surface area contributed by atoms with Crippen molar-refractivity contribution in [1.29, 1.82) is 0 Å². The largest absolute Gasteiger partial charge is 0.493 e. The SMILES string of the molecule is C=CCc1ccc(OC(=O)CC(OC(=O)c2cccnc2)C(=O)OCC)c(OC)c1.C=CCc1ccc(OC(=O)C[C@H](OC(=O)c2cccnc2)C(=O)OC)c(OC)c1. The maximum absolute atomic E-state index is 12.4. The Kier molecular flexibility index (Phi) is 19.0. The molecule has 0 saturated heterocycles. The first-order valence-corrected chi connectivity index (χ1v) is 17.9. The number of benzene rings is 2. The van der Waals surface area contributed by atoms with Crippen molar-refractivity contribution in [2.45, 2.75) is 44.8 Å². The lowest BCUT2D eigenvalue weighted by Crippen LogP contribution is -2.33. The van der Waals surface area contributed by atoms with E-state index in [1.807, 2.05) is 0 Å². The van der Waals surface area contributed by atoms with Crippen LogP contribution in [0.25, 0.3) is 0 Å². The Morgan fingerprint density at radius 3 is 1.42 bits per heavy atom. The van der Waals surface area contributed by atoms with Gasteiger partial charge in [0.2, 0.25) is 12.2 Å². The molecule has 4 aromatic rings. The Morgan fingerprint density at radius 1 is 0.627 bits per heavy atom. The number of nitrogens with zero attached hydrogens (tertiary/aromatic N) is 2. The number of methoxy groups -OCH3 is 3. The van der Waals surface area contributed by atoms with Crippen LogP contribution in [0.4, 0.5) is 0 Å². The Morgan fingerprint density at radius 2 is 1.07 bits per heavy atom. The van der Waals surface area contributed by atoms with E-state index in [-0.39, 0.29) is 29.2 Å². The Bertz CT molecular complexity index is 2070. The number of rotatable bonds is 19. The van der Waals surface area contributed by atoms with Gasteiger partial charge in [-0.25, -0.2) is 19.2 Å². The fourth-order valence-corrected chi connectivity index (χ4v) is 4.89. The van der Waals surface area contributed by atoms with E-state index in [9.17, 15) is 28.8 Å². The van der Waals surface area contributed by atoms with E-state index in [2.05, 4.69) is 27.9 Å². The molecule has 59 heavy (non-hydrogen) atoms. The lowest BCUT2D eigenvalue weighted by atomic mass is 10.1. The van der Waals surface area contributed by atoms with Crippen molar-refractivity contribution >= 4 is 35.8 Å². The first-order chi connectivity index (χ1) is 28.5. The maximum Gasteiger partial charge on any atom is 0.348 e. The molecule has 0 bridgehead atoms. The van der Waals surface area contributed by atoms with Crippen LogP contribution in [0, 0.1) is 0 Å². The van der Waals surface area contributed by atoms with Gasteiger partial charge in [-0.05, 0) is 79.4 Å². The van der Waals surface area contributed by atoms with Crippen LogP contribution in [0.1, 0.15) is 51.6 Å². The van der Waals surface area contributed by atoms with Crippen LogP contribution in [0.15, 0.2) is 111 Å². The normalized spacial score (nSPS) is 11.1. The molecule has 16 nitrogen and oxygen atoms in total. The molecule has 16 heteroatoms. The standard InChI is InChI=1S/C22H23NO7.C21H21NO7/c1-4-7-15-9-10-17(18(12-15)27-3)29-20(24)13-19(22(26)28-5-2)30-21(25)16-8-6-11-23-14-16;1-4-6-14-8-9-16(17(11-14)26-2)28-19(23)12-18(21(25)27-3)29-20(24)15-7-5-10-22-13-15/h4,6,8-12,14,19H,1,5,7,13H2,2-3H3;4-5,7-11,13,18H,1,6,12H2,2-3H3/t;18-/m.0/s1. The summed E-state index contributed by atoms with van der Waals surface area (Å²) < 4.78 is 40.9. The van der Waals surface area contributed by atoms with Gasteiger partial charge >= 0.3 is 35.8 Å². The third-order valence-electron chi connectivity index (χ3n) is 7.67. The van der Waals surface area contributed by atoms with Gasteiger partial charge in [0, 0.05) is 24.8 Å². The summed E-state index contributed by atoms with van der Waals surface area (Å²) in [4.78, 5) is 80.9. The predicted molar refractivity (Wildman–Crippen MR) is 210 cm³/mol. The van der Waals surface area contributed by atoms with Crippen LogP contribution < -0.4 is 18.9 Å². The zero-order chi connectivity index (χ0) is 43.2. The summed E-state index contributed by atoms with van der Waals surface area (Å²) in [6, 6.07) is 16.1. The minimum atomic E-state index is -1.47. The average Bonchev–Trinajstić information content (AvgIpc) is 3.24. The fraction of sp³-hybridized carbons (Fsp3) is 0.256. The molecule has 0 aliphatic heterocycles. The molecule has 2 aromatic carbocycles. The summed E-state index contributed by atoms with van der Waals surface area (Å²) in [7, 11) is 4.01. The van der Waals surface area contributed by atoms with E-state index in [1.165, 1.54) is 51.1 Å². The van der Waals surface area contributed by atoms with Gasteiger partial charge in [-0.2, -0.15) is 0 Å². The third kappa shape index (κ3) is 14.9. The molecule has 2 heterocycles. The predicted octanol–water partition coefficient (Wildman–Crippen LogP) is 5.42. The fourth-order valence-electron chi connectivity index (χ4n) is 4.89. The molecule has 1 unspecified atom stereocenters. The molecule has 0 spiro atoms. The van der Waals surface area contributed by atoms with Gasteiger partial charge < -0.3 is 37.9 Å². The van der Waals surface area contributed by atoms with E-state index >= 15 is 0 Å². The number of carbonyl (C=O) groups excluding carboxylic acids is 6. The molecule has 0 N–H and O–H groups in total. The molecule has 0 fully saturated rings. The molecule has 0 radical (unpaired) electrons. The number of hydrogen-bond acceptors (Lipinski definition) is 16. The summed E-state index contributed by atoms with van der Waals surface area (Å²) >= 11 is 0. The summed E-state index contributed by atoms with van der Waals surface area (Å²) in [5.41, 5.74) is 2.12. The van der Waals surface area contributed by atoms with Crippen LogP contribution in [0.3, 0.4) is 0 Å². The summed E-state index contributed by atoms with van der Waals surface area (Å²) in [5.74, 6) is -3.89. The molecule has 2 aromatic heterocycles. The van der Waals surface area contributed by atoms with Crippen molar-refractivity contribution in [3.63, 3.8) is 0 Å². The number of carbonyl (C=O) groups is 6. The number of hydrogen-bond donors (Lipinski definition) is 0. The quantitative estimate of drug-likeness (QED) is 0.0502. The lowest BCUT2D eigenvalue weighted by Gasteiger charge is -2.16. The zero-order valence-electron chi connectivity index (χ0n) is 33.0. The molecule has 310 valence electrons. The third-order valence-corrected chi connectivity index (χ3v) is 7.67. The maximum atomic E-state index is 12.4. The Balaban J connectivity index is 0.000000316. The van der Waals surface area contributed by atoms with Crippen LogP contribution in [-0.4, -0.2) is 85.9 Å². The second-order valence-corrected chi connectivity index (χ2v) is 11.9. The van der Waals surface area contributed by atoms with Gasteiger partial charge in [-0.1, -0.05) is 24.3 Å². The highest BCUT2D eigenvalue weighted by Gasteiger charge is 2.30. The van der Waals surface area contributed by atoms with Crippen molar-refractivity contribution in [3.05, 3.63) is 133 Å². The average molecular weight is 813 g/mol. The molecule has 0 saturated carbocycles. The van der Waals surface area contributed by atoms with Crippen molar-refractivity contribution in [2.24, 2.45) is 0 Å². The number of allylic oxidation sites excluding steroid dienone is 2. The first kappa shape index (κ1) is 46.0. The van der Waals surface area contributed by atoms with E-state index < -0.39 is 60.9 Å². The topological polar surface area (TPSA) is 202 Å². The van der Waals surface area contributed by atoms with Gasteiger partial charge in [0.1, 0.15) is 0 Å². The van der Waals surface area contributed by atoms with Crippen molar-refractivity contribution in [1.82, 2.24) is 9.97 Å². The molecule has 4 rings (SSSR count). The summed E-state index contributed by atoms with van der Waals surface area (Å²) in [6.45, 7) is 9.01. The number of esters is 6. The molecule has 0 aliphatic carbocycles. The summed E-state index contributed by atoms with van der Waals surface area (Å²) in [5, 5.41) is 0. The van der Waals surface area contributed by atoms with Crippen LogP contribution in [0.5, 0.6) is 23.0 Å². The second-order valence-electron chi connectivity index (χ2n) is 11.9. The molecule has 2 atom stereocenters. The van der Waals surface area contributed by atoms with Crippen molar-refractivity contribution in [3.8, 4) is 23.0 Å². The molecular formula is C43H44N2O14. The van der Waals surface area contributed by atoms with Gasteiger partial charge in [0.15, 0.2) is 23.0 Å². The van der Waals surface area contributed by atoms with Gasteiger partial charge in [-0.15, -0.1) is 13.2 Å². The van der Waals surface area contributed by atoms with E-state index in [0.717, 1.165) is 18.2 Å². The summed E-state index contributed by atoms with van der Waals surface area (Å²) in [6.07, 6.45) is 6.28. The van der Waals surface area contributed by atoms with Gasteiger partial charge in [0.05, 0.1) is 51.9 Å². The van der Waals surface area contributed by atoms with E-state index in [0.29, 0.717) is 24.3 Å². The Hall–Kier alpha value is -7.36. The second kappa shape index (κ2) is 24.3. The van der Waals surface area contributed by atoms with Gasteiger partial charge in [0.25, 0.3) is 0 Å². The Labute approximate surface area is 340 Å². The highest BCUT2D eigenvalue weighted by atomic mass is 16.6. The van der Waals surface area contributed by atoms with Crippen LogP contribution >= 0.6 is 0 Å². The van der Waals surface area contributed by atoms with Crippen molar-refractivity contribution < 1.29 is 66.7 Å². The highest BCUT2D eigenvalue weighted by molar-refractivity contribution is 5.93.